The standard InChI is InChI=1S/C19H38N2O4/c1-5-6-7-8-9-10-11-12-15(13-17(20)23)18(24)21(25)16(14-22)19(2,3)4/h15-16,22,25H,5-14H2,1-4H3,(H2,20,23). The highest BCUT2D eigenvalue weighted by Gasteiger charge is 2.35. The molecule has 0 spiro atoms. The number of aliphatic hydroxyl groups is 1. The lowest BCUT2D eigenvalue weighted by molar-refractivity contribution is -0.195. The normalized spacial score (nSPS) is 14.2. The van der Waals surface area contributed by atoms with Crippen LogP contribution in [0.4, 0.5) is 0 Å². The summed E-state index contributed by atoms with van der Waals surface area (Å²) in [7, 11) is 0. The predicted octanol–water partition coefficient (Wildman–Crippen LogP) is 3.24. The number of amides is 2. The number of hydrogen-bond donors (Lipinski definition) is 3. The van der Waals surface area contributed by atoms with Crippen LogP contribution < -0.4 is 5.73 Å². The van der Waals surface area contributed by atoms with E-state index in [4.69, 9.17) is 5.73 Å². The van der Waals surface area contributed by atoms with E-state index in [1.807, 2.05) is 20.8 Å². The quantitative estimate of drug-likeness (QED) is 0.267. The molecule has 0 aromatic carbocycles. The first-order valence-electron chi connectivity index (χ1n) is 9.56. The third-order valence-electron chi connectivity index (χ3n) is 4.65. The molecular weight excluding hydrogens is 320 g/mol. The van der Waals surface area contributed by atoms with Gasteiger partial charge in [-0.2, -0.15) is 0 Å². The van der Waals surface area contributed by atoms with Crippen molar-refractivity contribution in [1.29, 1.82) is 0 Å². The van der Waals surface area contributed by atoms with Crippen molar-refractivity contribution in [3.8, 4) is 0 Å². The lowest BCUT2D eigenvalue weighted by atomic mass is 9.86. The molecule has 6 nitrogen and oxygen atoms in total. The molecule has 0 aliphatic rings. The third-order valence-corrected chi connectivity index (χ3v) is 4.65. The van der Waals surface area contributed by atoms with Gasteiger partial charge in [0.15, 0.2) is 0 Å². The van der Waals surface area contributed by atoms with Crippen molar-refractivity contribution < 1.29 is 19.9 Å². The number of nitrogens with zero attached hydrogens (tertiary/aromatic N) is 1. The molecule has 25 heavy (non-hydrogen) atoms. The Balaban J connectivity index is 4.63. The summed E-state index contributed by atoms with van der Waals surface area (Å²) < 4.78 is 0. The molecule has 0 saturated heterocycles. The van der Waals surface area contributed by atoms with Crippen LogP contribution in [-0.4, -0.2) is 39.8 Å². The first-order chi connectivity index (χ1) is 11.6. The Morgan fingerprint density at radius 3 is 2.00 bits per heavy atom. The smallest absolute Gasteiger partial charge is 0.249 e. The zero-order valence-electron chi connectivity index (χ0n) is 16.5. The van der Waals surface area contributed by atoms with Crippen molar-refractivity contribution in [3.63, 3.8) is 0 Å². The molecule has 0 saturated carbocycles. The number of aliphatic hydroxyl groups excluding tert-OH is 1. The van der Waals surface area contributed by atoms with Crippen LogP contribution >= 0.6 is 0 Å². The van der Waals surface area contributed by atoms with Crippen molar-refractivity contribution in [2.45, 2.75) is 91.5 Å². The van der Waals surface area contributed by atoms with Crippen molar-refractivity contribution in [1.82, 2.24) is 5.06 Å². The van der Waals surface area contributed by atoms with E-state index in [2.05, 4.69) is 6.92 Å². The lowest BCUT2D eigenvalue weighted by Crippen LogP contribution is -2.50. The van der Waals surface area contributed by atoms with Gasteiger partial charge in [0.05, 0.1) is 12.6 Å². The van der Waals surface area contributed by atoms with Gasteiger partial charge < -0.3 is 10.8 Å². The molecule has 0 fully saturated rings. The van der Waals surface area contributed by atoms with E-state index in [0.717, 1.165) is 19.3 Å². The summed E-state index contributed by atoms with van der Waals surface area (Å²) in [5.74, 6) is -1.71. The number of carbonyl (C=O) groups is 2. The van der Waals surface area contributed by atoms with Crippen LogP contribution in [0.1, 0.15) is 85.5 Å². The monoisotopic (exact) mass is 358 g/mol. The Kier molecular flexibility index (Phi) is 11.7. The summed E-state index contributed by atoms with van der Waals surface area (Å²) in [6, 6.07) is -0.718. The average molecular weight is 359 g/mol. The van der Waals surface area contributed by atoms with Crippen LogP contribution in [0.25, 0.3) is 0 Å². The van der Waals surface area contributed by atoms with Gasteiger partial charge in [0, 0.05) is 12.3 Å². The maximum absolute atomic E-state index is 12.6. The van der Waals surface area contributed by atoms with E-state index in [9.17, 15) is 19.9 Å². The van der Waals surface area contributed by atoms with E-state index >= 15 is 0 Å². The van der Waals surface area contributed by atoms with Gasteiger partial charge in [-0.25, -0.2) is 5.06 Å². The van der Waals surface area contributed by atoms with Gasteiger partial charge in [-0.15, -0.1) is 0 Å². The van der Waals surface area contributed by atoms with Gasteiger partial charge in [-0.05, 0) is 11.8 Å². The first-order valence-corrected chi connectivity index (χ1v) is 9.56. The van der Waals surface area contributed by atoms with Crippen LogP contribution in [-0.2, 0) is 9.59 Å². The number of hydroxylamine groups is 2. The SMILES string of the molecule is CCCCCCCCCC(CC(N)=O)C(=O)N(O)C(CO)C(C)(C)C. The van der Waals surface area contributed by atoms with Crippen LogP contribution in [0.5, 0.6) is 0 Å². The lowest BCUT2D eigenvalue weighted by Gasteiger charge is -2.36. The summed E-state index contributed by atoms with van der Waals surface area (Å²) in [6.07, 6.45) is 8.26. The Labute approximate surface area is 152 Å². The number of unbranched alkanes of at least 4 members (excludes halogenated alkanes) is 6. The fraction of sp³-hybridized carbons (Fsp3) is 0.895. The molecule has 2 atom stereocenters. The maximum atomic E-state index is 12.6. The van der Waals surface area contributed by atoms with E-state index in [1.165, 1.54) is 25.7 Å². The van der Waals surface area contributed by atoms with E-state index in [0.29, 0.717) is 11.5 Å². The number of rotatable bonds is 13. The van der Waals surface area contributed by atoms with Crippen LogP contribution in [0.2, 0.25) is 0 Å². The van der Waals surface area contributed by atoms with Gasteiger partial charge in [-0.3, -0.25) is 14.8 Å². The number of carbonyl (C=O) groups excluding carboxylic acids is 2. The fourth-order valence-corrected chi connectivity index (χ4v) is 2.96. The average Bonchev–Trinajstić information content (AvgIpc) is 2.51. The highest BCUT2D eigenvalue weighted by molar-refractivity contribution is 5.84. The summed E-state index contributed by atoms with van der Waals surface area (Å²) in [4.78, 5) is 23.9. The van der Waals surface area contributed by atoms with Crippen LogP contribution in [0, 0.1) is 11.3 Å². The number of nitrogens with two attached hydrogens (primary N) is 1. The van der Waals surface area contributed by atoms with Gasteiger partial charge in [-0.1, -0.05) is 72.6 Å². The summed E-state index contributed by atoms with van der Waals surface area (Å²) in [5, 5.41) is 20.4. The topological polar surface area (TPSA) is 104 Å². The minimum Gasteiger partial charge on any atom is -0.394 e. The Morgan fingerprint density at radius 1 is 1.04 bits per heavy atom. The molecule has 2 amide bonds. The molecule has 0 rings (SSSR count). The fourth-order valence-electron chi connectivity index (χ4n) is 2.96. The molecule has 0 aliphatic carbocycles. The van der Waals surface area contributed by atoms with Gasteiger partial charge in [0.25, 0.3) is 0 Å². The van der Waals surface area contributed by atoms with Gasteiger partial charge in [0.2, 0.25) is 11.8 Å². The molecule has 2 unspecified atom stereocenters. The molecule has 0 aliphatic heterocycles. The number of primary amides is 1. The highest BCUT2D eigenvalue weighted by atomic mass is 16.5. The largest absolute Gasteiger partial charge is 0.394 e. The molecule has 6 heteroatoms. The minimum absolute atomic E-state index is 0.0754. The second kappa shape index (κ2) is 12.3. The van der Waals surface area contributed by atoms with E-state index in [1.54, 1.807) is 0 Å². The summed E-state index contributed by atoms with van der Waals surface area (Å²) >= 11 is 0. The van der Waals surface area contributed by atoms with E-state index < -0.39 is 29.2 Å². The van der Waals surface area contributed by atoms with Gasteiger partial charge >= 0.3 is 0 Å². The van der Waals surface area contributed by atoms with Crippen molar-refractivity contribution >= 4 is 11.8 Å². The second-order valence-electron chi connectivity index (χ2n) is 8.02. The zero-order chi connectivity index (χ0) is 19.5. The molecule has 4 N–H and O–H groups in total. The second-order valence-corrected chi connectivity index (χ2v) is 8.02. The Morgan fingerprint density at radius 2 is 1.56 bits per heavy atom. The minimum atomic E-state index is -0.718. The van der Waals surface area contributed by atoms with Crippen LogP contribution in [0.3, 0.4) is 0 Å². The van der Waals surface area contributed by atoms with Gasteiger partial charge in [0.1, 0.15) is 0 Å². The maximum Gasteiger partial charge on any atom is 0.249 e. The molecule has 148 valence electrons. The molecule has 0 radical (unpaired) electrons. The zero-order valence-corrected chi connectivity index (χ0v) is 16.5. The summed E-state index contributed by atoms with van der Waals surface area (Å²) in [5.41, 5.74) is 4.79. The predicted molar refractivity (Wildman–Crippen MR) is 98.9 cm³/mol. The molecule has 0 aromatic heterocycles. The van der Waals surface area contributed by atoms with Crippen LogP contribution in [0.15, 0.2) is 0 Å². The van der Waals surface area contributed by atoms with Crippen molar-refractivity contribution in [2.24, 2.45) is 17.1 Å². The number of hydrogen-bond acceptors (Lipinski definition) is 4. The molecular formula is C19H38N2O4. The van der Waals surface area contributed by atoms with Crippen molar-refractivity contribution in [2.75, 3.05) is 6.61 Å². The Hall–Kier alpha value is -1.14. The third kappa shape index (κ3) is 9.80. The first kappa shape index (κ1) is 23.9. The summed E-state index contributed by atoms with van der Waals surface area (Å²) in [6.45, 7) is 7.35. The van der Waals surface area contributed by atoms with E-state index in [-0.39, 0.29) is 13.0 Å². The molecule has 0 aromatic rings. The highest BCUT2D eigenvalue weighted by Crippen LogP contribution is 2.26. The Bertz CT molecular complexity index is 393. The molecule has 0 bridgehead atoms. The molecule has 0 heterocycles. The van der Waals surface area contributed by atoms with Crippen molar-refractivity contribution in [3.05, 3.63) is 0 Å².